The molecule has 0 spiro atoms. The number of aryl methyl sites for hydroxylation is 1. The Kier molecular flexibility index (Phi) is 3.13. The summed E-state index contributed by atoms with van der Waals surface area (Å²) in [5.41, 5.74) is 0.286. The zero-order valence-electron chi connectivity index (χ0n) is 9.54. The Morgan fingerprint density at radius 3 is 2.61 bits per heavy atom. The first-order valence-electron chi connectivity index (χ1n) is 5.25. The highest BCUT2D eigenvalue weighted by atomic mass is 19.4. The summed E-state index contributed by atoms with van der Waals surface area (Å²) >= 11 is 0. The quantitative estimate of drug-likeness (QED) is 0.868. The number of hydrogen-bond donors (Lipinski definition) is 2. The normalized spacial score (nSPS) is 11.8. The van der Waals surface area contributed by atoms with Gasteiger partial charge in [-0.15, -0.1) is 0 Å². The molecule has 2 N–H and O–H groups in total. The maximum absolute atomic E-state index is 12.7. The van der Waals surface area contributed by atoms with Crippen LogP contribution in [0.4, 0.5) is 13.2 Å². The van der Waals surface area contributed by atoms with E-state index in [1.807, 2.05) is 0 Å². The number of rotatable bonds is 2. The van der Waals surface area contributed by atoms with Gasteiger partial charge in [-0.2, -0.15) is 13.2 Å². The van der Waals surface area contributed by atoms with Crippen LogP contribution in [0, 0.1) is 6.92 Å². The van der Waals surface area contributed by atoms with Crippen LogP contribution in [-0.2, 0) is 12.8 Å². The molecule has 6 heteroatoms. The van der Waals surface area contributed by atoms with Gasteiger partial charge < -0.3 is 10.1 Å². The lowest BCUT2D eigenvalue weighted by Crippen LogP contribution is -2.07. The van der Waals surface area contributed by atoms with Crippen molar-refractivity contribution in [1.29, 1.82) is 0 Å². The standard InChI is InChI=1S/C12H11F3N2O/c1-7-2-3-8(4-10(7)12(13,14)15)11-16-5-9(6-18)17-11/h2-5,18H,6H2,1H3,(H,16,17). The molecule has 0 unspecified atom stereocenters. The summed E-state index contributed by atoms with van der Waals surface area (Å²) in [4.78, 5) is 6.68. The number of nitrogens with one attached hydrogen (secondary N) is 1. The van der Waals surface area contributed by atoms with Crippen molar-refractivity contribution in [2.45, 2.75) is 19.7 Å². The molecule has 0 bridgehead atoms. The zero-order valence-corrected chi connectivity index (χ0v) is 9.54. The zero-order chi connectivity index (χ0) is 13.3. The summed E-state index contributed by atoms with van der Waals surface area (Å²) in [7, 11) is 0. The van der Waals surface area contributed by atoms with Crippen molar-refractivity contribution in [3.8, 4) is 11.4 Å². The van der Waals surface area contributed by atoms with E-state index in [0.717, 1.165) is 6.07 Å². The van der Waals surface area contributed by atoms with Gasteiger partial charge in [-0.25, -0.2) is 4.98 Å². The summed E-state index contributed by atoms with van der Waals surface area (Å²) in [5.74, 6) is 0.310. The van der Waals surface area contributed by atoms with Gasteiger partial charge in [0.05, 0.1) is 24.1 Å². The largest absolute Gasteiger partial charge is 0.416 e. The number of aromatic amines is 1. The molecule has 1 aromatic carbocycles. The predicted molar refractivity (Wildman–Crippen MR) is 59.7 cm³/mol. The maximum Gasteiger partial charge on any atom is 0.416 e. The molecule has 0 radical (unpaired) electrons. The third kappa shape index (κ3) is 2.38. The predicted octanol–water partition coefficient (Wildman–Crippen LogP) is 2.90. The lowest BCUT2D eigenvalue weighted by molar-refractivity contribution is -0.138. The van der Waals surface area contributed by atoms with Crippen molar-refractivity contribution in [2.75, 3.05) is 0 Å². The van der Waals surface area contributed by atoms with Crippen molar-refractivity contribution >= 4 is 0 Å². The van der Waals surface area contributed by atoms with E-state index in [0.29, 0.717) is 17.1 Å². The highest BCUT2D eigenvalue weighted by Gasteiger charge is 2.32. The van der Waals surface area contributed by atoms with Gasteiger partial charge in [-0.05, 0) is 18.6 Å². The van der Waals surface area contributed by atoms with Crippen LogP contribution in [0.25, 0.3) is 11.4 Å². The first-order chi connectivity index (χ1) is 8.41. The van der Waals surface area contributed by atoms with Crippen molar-refractivity contribution in [3.63, 3.8) is 0 Å². The molecule has 0 aliphatic rings. The van der Waals surface area contributed by atoms with Crippen LogP contribution >= 0.6 is 0 Å². The van der Waals surface area contributed by atoms with E-state index in [2.05, 4.69) is 9.97 Å². The van der Waals surface area contributed by atoms with E-state index in [1.54, 1.807) is 6.07 Å². The van der Waals surface area contributed by atoms with Crippen LogP contribution in [0.3, 0.4) is 0 Å². The van der Waals surface area contributed by atoms with Gasteiger partial charge in [0.1, 0.15) is 5.82 Å². The fourth-order valence-electron chi connectivity index (χ4n) is 1.66. The molecule has 0 aliphatic heterocycles. The third-order valence-electron chi connectivity index (χ3n) is 2.62. The SMILES string of the molecule is Cc1ccc(-c2ncc(CO)[nH]2)cc1C(F)(F)F. The molecule has 18 heavy (non-hydrogen) atoms. The van der Waals surface area contributed by atoms with E-state index in [1.165, 1.54) is 19.2 Å². The highest BCUT2D eigenvalue weighted by molar-refractivity contribution is 5.58. The van der Waals surface area contributed by atoms with E-state index in [4.69, 9.17) is 5.11 Å². The number of hydrogen-bond acceptors (Lipinski definition) is 2. The summed E-state index contributed by atoms with van der Waals surface area (Å²) in [6, 6.07) is 4.01. The summed E-state index contributed by atoms with van der Waals surface area (Å²) in [6.45, 7) is 1.18. The molecule has 0 saturated heterocycles. The fraction of sp³-hybridized carbons (Fsp3) is 0.250. The number of aromatic nitrogens is 2. The van der Waals surface area contributed by atoms with Gasteiger partial charge >= 0.3 is 6.18 Å². The number of alkyl halides is 3. The van der Waals surface area contributed by atoms with Crippen LogP contribution < -0.4 is 0 Å². The highest BCUT2D eigenvalue weighted by Crippen LogP contribution is 2.34. The maximum atomic E-state index is 12.7. The van der Waals surface area contributed by atoms with Crippen molar-refractivity contribution in [1.82, 2.24) is 9.97 Å². The number of H-pyrrole nitrogens is 1. The molecule has 1 heterocycles. The van der Waals surface area contributed by atoms with Gasteiger partial charge in [-0.1, -0.05) is 12.1 Å². The summed E-state index contributed by atoms with van der Waals surface area (Å²) in [6.07, 6.45) is -2.99. The molecular weight excluding hydrogens is 245 g/mol. The van der Waals surface area contributed by atoms with E-state index in [-0.39, 0.29) is 12.2 Å². The molecule has 0 saturated carbocycles. The lowest BCUT2D eigenvalue weighted by atomic mass is 10.0. The monoisotopic (exact) mass is 256 g/mol. The smallest absolute Gasteiger partial charge is 0.390 e. The Bertz CT molecular complexity index is 561. The fourth-order valence-corrected chi connectivity index (χ4v) is 1.66. The van der Waals surface area contributed by atoms with Crippen LogP contribution in [0.2, 0.25) is 0 Å². The van der Waals surface area contributed by atoms with Gasteiger partial charge in [0.15, 0.2) is 0 Å². The summed E-state index contributed by atoms with van der Waals surface area (Å²) < 4.78 is 38.2. The van der Waals surface area contributed by atoms with Crippen LogP contribution in [-0.4, -0.2) is 15.1 Å². The minimum atomic E-state index is -4.38. The van der Waals surface area contributed by atoms with E-state index < -0.39 is 11.7 Å². The Morgan fingerprint density at radius 1 is 1.33 bits per heavy atom. The first-order valence-corrected chi connectivity index (χ1v) is 5.25. The van der Waals surface area contributed by atoms with E-state index >= 15 is 0 Å². The molecule has 0 fully saturated rings. The van der Waals surface area contributed by atoms with Gasteiger partial charge in [0.25, 0.3) is 0 Å². The van der Waals surface area contributed by atoms with Crippen molar-refractivity contribution in [2.24, 2.45) is 0 Å². The second kappa shape index (κ2) is 4.45. The Balaban J connectivity index is 2.47. The van der Waals surface area contributed by atoms with Crippen LogP contribution in [0.15, 0.2) is 24.4 Å². The molecule has 2 aromatic rings. The molecule has 3 nitrogen and oxygen atoms in total. The average Bonchev–Trinajstić information content (AvgIpc) is 2.76. The van der Waals surface area contributed by atoms with Crippen LogP contribution in [0.5, 0.6) is 0 Å². The lowest BCUT2D eigenvalue weighted by Gasteiger charge is -2.11. The van der Waals surface area contributed by atoms with E-state index in [9.17, 15) is 13.2 Å². The van der Waals surface area contributed by atoms with Crippen LogP contribution in [0.1, 0.15) is 16.8 Å². The van der Waals surface area contributed by atoms with Gasteiger partial charge in [-0.3, -0.25) is 0 Å². The average molecular weight is 256 g/mol. The molecule has 1 aromatic heterocycles. The third-order valence-corrected chi connectivity index (χ3v) is 2.62. The Labute approximate surface area is 101 Å². The number of benzene rings is 1. The topological polar surface area (TPSA) is 48.9 Å². The molecule has 96 valence electrons. The molecule has 0 atom stereocenters. The molecule has 2 rings (SSSR count). The molecular formula is C12H11F3N2O. The Hall–Kier alpha value is -1.82. The number of nitrogens with zero attached hydrogens (tertiary/aromatic N) is 1. The van der Waals surface area contributed by atoms with Crippen molar-refractivity contribution < 1.29 is 18.3 Å². The van der Waals surface area contributed by atoms with Gasteiger partial charge in [0, 0.05) is 5.56 Å². The Morgan fingerprint density at radius 2 is 2.06 bits per heavy atom. The number of halogens is 3. The minimum absolute atomic E-state index is 0.167. The number of imidazole rings is 1. The second-order valence-electron chi connectivity index (χ2n) is 3.94. The number of aliphatic hydroxyl groups is 1. The number of aliphatic hydroxyl groups excluding tert-OH is 1. The van der Waals surface area contributed by atoms with Gasteiger partial charge in [0.2, 0.25) is 0 Å². The first kappa shape index (κ1) is 12.6. The molecule has 0 aliphatic carbocycles. The van der Waals surface area contributed by atoms with Crippen molar-refractivity contribution in [3.05, 3.63) is 41.2 Å². The summed E-state index contributed by atoms with van der Waals surface area (Å²) in [5, 5.41) is 8.87. The molecule has 0 amide bonds. The minimum Gasteiger partial charge on any atom is -0.390 e. The second-order valence-corrected chi connectivity index (χ2v) is 3.94.